The summed E-state index contributed by atoms with van der Waals surface area (Å²) in [7, 11) is 0. The fourth-order valence-corrected chi connectivity index (χ4v) is 6.91. The highest BCUT2D eigenvalue weighted by atomic mass is 16.8. The minimum atomic E-state index is -0.401. The van der Waals surface area contributed by atoms with Crippen molar-refractivity contribution < 1.29 is 14.3 Å². The number of fused-ring (bicyclic) bond motifs is 12. The molecule has 0 aromatic heterocycles. The van der Waals surface area contributed by atoms with Crippen LogP contribution in [0.2, 0.25) is 0 Å². The molecule has 9 atom stereocenters. The molecule has 0 radical (unpaired) electrons. The van der Waals surface area contributed by atoms with E-state index in [1.165, 1.54) is 32.1 Å². The third-order valence-corrected chi connectivity index (χ3v) is 7.09. The molecule has 104 valence electrons. The predicted molar refractivity (Wildman–Crippen MR) is 68.3 cm³/mol. The van der Waals surface area contributed by atoms with Crippen LogP contribution < -0.4 is 0 Å². The van der Waals surface area contributed by atoms with Gasteiger partial charge in [-0.1, -0.05) is 19.8 Å². The summed E-state index contributed by atoms with van der Waals surface area (Å²) in [5.74, 6) is 5.80. The van der Waals surface area contributed by atoms with Crippen LogP contribution in [0.1, 0.15) is 39.0 Å². The van der Waals surface area contributed by atoms with Crippen LogP contribution in [0, 0.1) is 41.4 Å². The number of rotatable bonds is 2. The second-order valence-electron chi connectivity index (χ2n) is 7.58. The van der Waals surface area contributed by atoms with Crippen molar-refractivity contribution in [2.24, 2.45) is 41.4 Å². The third-order valence-electron chi connectivity index (χ3n) is 7.09. The molecular formula is C16H22O3. The summed E-state index contributed by atoms with van der Waals surface area (Å²) >= 11 is 0. The molecule has 3 nitrogen and oxygen atoms in total. The van der Waals surface area contributed by atoms with Crippen molar-refractivity contribution in [2.45, 2.75) is 51.2 Å². The van der Waals surface area contributed by atoms with Crippen molar-refractivity contribution in [1.82, 2.24) is 0 Å². The Morgan fingerprint density at radius 1 is 1.00 bits per heavy atom. The van der Waals surface area contributed by atoms with Crippen molar-refractivity contribution in [3.63, 3.8) is 0 Å². The standard InChI is InChI=1S/C16H22O3/c1-2-3-7-4-8-5-9(7)13-11-6-10(12(8)13)14-15(11)19-16(17)18-14/h7-15H,2-6H2,1H3/t7?,8-,9?,10?,11?,12?,13?,14?,15?/m0/s1. The summed E-state index contributed by atoms with van der Waals surface area (Å²) in [5.41, 5.74) is 0. The Hall–Kier alpha value is -0.730. The van der Waals surface area contributed by atoms with Gasteiger partial charge in [-0.05, 0) is 48.9 Å². The Morgan fingerprint density at radius 2 is 1.74 bits per heavy atom. The van der Waals surface area contributed by atoms with Gasteiger partial charge in [-0.2, -0.15) is 0 Å². The molecule has 0 aromatic rings. The maximum Gasteiger partial charge on any atom is 0.509 e. The molecule has 4 saturated carbocycles. The van der Waals surface area contributed by atoms with E-state index < -0.39 is 6.16 Å². The number of hydrogen-bond donors (Lipinski definition) is 0. The van der Waals surface area contributed by atoms with Crippen LogP contribution in [0.25, 0.3) is 0 Å². The minimum Gasteiger partial charge on any atom is -0.427 e. The fraction of sp³-hybridized carbons (Fsp3) is 0.938. The van der Waals surface area contributed by atoms with E-state index in [1.54, 1.807) is 0 Å². The quantitative estimate of drug-likeness (QED) is 0.566. The Labute approximate surface area is 114 Å². The van der Waals surface area contributed by atoms with Crippen molar-refractivity contribution in [3.8, 4) is 0 Å². The highest BCUT2D eigenvalue weighted by Gasteiger charge is 2.70. The molecule has 3 heteroatoms. The lowest BCUT2D eigenvalue weighted by Crippen LogP contribution is -2.44. The zero-order chi connectivity index (χ0) is 12.7. The number of carbonyl (C=O) groups excluding carboxylic acids is 1. The smallest absolute Gasteiger partial charge is 0.427 e. The molecule has 0 spiro atoms. The first-order valence-corrected chi connectivity index (χ1v) is 8.15. The van der Waals surface area contributed by atoms with Crippen molar-refractivity contribution in [2.75, 3.05) is 0 Å². The van der Waals surface area contributed by atoms with Crippen molar-refractivity contribution in [3.05, 3.63) is 0 Å². The molecule has 4 aliphatic carbocycles. The molecule has 19 heavy (non-hydrogen) atoms. The van der Waals surface area contributed by atoms with Crippen LogP contribution in [0.15, 0.2) is 0 Å². The lowest BCUT2D eigenvalue weighted by molar-refractivity contribution is -0.00582. The van der Waals surface area contributed by atoms with Crippen LogP contribution in [-0.2, 0) is 9.47 Å². The highest BCUT2D eigenvalue weighted by molar-refractivity contribution is 5.63. The van der Waals surface area contributed by atoms with Crippen molar-refractivity contribution in [1.29, 1.82) is 0 Å². The number of ether oxygens (including phenoxy) is 2. The normalized spacial score (nSPS) is 60.1. The second kappa shape index (κ2) is 3.48. The molecule has 1 heterocycles. The summed E-state index contributed by atoms with van der Waals surface area (Å²) in [6.45, 7) is 2.31. The van der Waals surface area contributed by atoms with Gasteiger partial charge in [0.05, 0.1) is 0 Å². The molecule has 5 fully saturated rings. The second-order valence-corrected chi connectivity index (χ2v) is 7.58. The molecular weight excluding hydrogens is 240 g/mol. The van der Waals surface area contributed by atoms with E-state index in [0.29, 0.717) is 11.8 Å². The van der Waals surface area contributed by atoms with Gasteiger partial charge in [0.1, 0.15) is 12.2 Å². The molecule has 5 rings (SSSR count). The Morgan fingerprint density at radius 3 is 2.47 bits per heavy atom. The van der Waals surface area contributed by atoms with Gasteiger partial charge < -0.3 is 9.47 Å². The third kappa shape index (κ3) is 1.19. The highest BCUT2D eigenvalue weighted by Crippen LogP contribution is 2.70. The summed E-state index contributed by atoms with van der Waals surface area (Å²) in [5, 5.41) is 0. The minimum absolute atomic E-state index is 0.111. The first-order chi connectivity index (χ1) is 9.28. The van der Waals surface area contributed by atoms with Crippen molar-refractivity contribution >= 4 is 6.16 Å². The summed E-state index contributed by atoms with van der Waals surface area (Å²) < 4.78 is 10.9. The average molecular weight is 262 g/mol. The molecule has 4 bridgehead atoms. The van der Waals surface area contributed by atoms with E-state index in [0.717, 1.165) is 29.6 Å². The van der Waals surface area contributed by atoms with Gasteiger partial charge in [0.2, 0.25) is 0 Å². The number of carbonyl (C=O) groups is 1. The van der Waals surface area contributed by atoms with Crippen LogP contribution in [0.3, 0.4) is 0 Å². The lowest BCUT2D eigenvalue weighted by Gasteiger charge is -2.41. The van der Waals surface area contributed by atoms with Crippen LogP contribution in [0.4, 0.5) is 4.79 Å². The van der Waals surface area contributed by atoms with Gasteiger partial charge in [-0.15, -0.1) is 0 Å². The summed E-state index contributed by atoms with van der Waals surface area (Å²) in [6.07, 6.45) is 6.74. The van der Waals surface area contributed by atoms with Gasteiger partial charge in [0.25, 0.3) is 0 Å². The topological polar surface area (TPSA) is 35.5 Å². The van der Waals surface area contributed by atoms with E-state index in [-0.39, 0.29) is 12.2 Å². The summed E-state index contributed by atoms with van der Waals surface area (Å²) in [4.78, 5) is 11.4. The van der Waals surface area contributed by atoms with Gasteiger partial charge >= 0.3 is 6.16 Å². The fourth-order valence-electron chi connectivity index (χ4n) is 6.91. The molecule has 1 aliphatic heterocycles. The van der Waals surface area contributed by atoms with Gasteiger partial charge in [-0.25, -0.2) is 4.79 Å². The molecule has 8 unspecified atom stereocenters. The maximum atomic E-state index is 11.4. The van der Waals surface area contributed by atoms with Gasteiger partial charge in [0.15, 0.2) is 0 Å². The van der Waals surface area contributed by atoms with Crippen LogP contribution >= 0.6 is 0 Å². The SMILES string of the molecule is CCCC1C[C@H]2CC1C1C3CC(C4OC(=O)OC34)C12. The van der Waals surface area contributed by atoms with Crippen LogP contribution in [0.5, 0.6) is 0 Å². The largest absolute Gasteiger partial charge is 0.509 e. The van der Waals surface area contributed by atoms with E-state index >= 15 is 0 Å². The molecule has 5 aliphatic rings. The molecule has 1 saturated heterocycles. The Kier molecular flexibility index (Phi) is 2.01. The average Bonchev–Trinajstić information content (AvgIpc) is 3.06. The maximum absolute atomic E-state index is 11.4. The lowest BCUT2D eigenvalue weighted by atomic mass is 9.65. The zero-order valence-electron chi connectivity index (χ0n) is 11.5. The number of hydrogen-bond acceptors (Lipinski definition) is 3. The van der Waals surface area contributed by atoms with E-state index in [1.807, 2.05) is 0 Å². The van der Waals surface area contributed by atoms with Crippen LogP contribution in [-0.4, -0.2) is 18.4 Å². The Balaban J connectivity index is 1.46. The van der Waals surface area contributed by atoms with Gasteiger partial charge in [-0.3, -0.25) is 0 Å². The summed E-state index contributed by atoms with van der Waals surface area (Å²) in [6, 6.07) is 0. The predicted octanol–water partition coefficient (Wildman–Crippen LogP) is 3.23. The van der Waals surface area contributed by atoms with E-state index in [2.05, 4.69) is 6.92 Å². The first kappa shape index (κ1) is 11.0. The first-order valence-electron chi connectivity index (χ1n) is 8.15. The molecule has 0 amide bonds. The monoisotopic (exact) mass is 262 g/mol. The molecule has 0 N–H and O–H groups in total. The zero-order valence-corrected chi connectivity index (χ0v) is 11.5. The van der Waals surface area contributed by atoms with E-state index in [4.69, 9.17) is 9.47 Å². The Bertz CT molecular complexity index is 434. The van der Waals surface area contributed by atoms with E-state index in [9.17, 15) is 4.79 Å². The molecule has 0 aromatic carbocycles. The van der Waals surface area contributed by atoms with Gasteiger partial charge in [0, 0.05) is 11.8 Å².